The Morgan fingerprint density at radius 1 is 0.973 bits per heavy atom. The zero-order valence-electron chi connectivity index (χ0n) is 20.6. The molecule has 0 bridgehead atoms. The molecule has 1 unspecified atom stereocenters. The van der Waals surface area contributed by atoms with Crippen molar-refractivity contribution in [3.8, 4) is 28.2 Å². The van der Waals surface area contributed by atoms with E-state index in [2.05, 4.69) is 10.2 Å². The lowest BCUT2D eigenvalue weighted by atomic mass is 9.95. The summed E-state index contributed by atoms with van der Waals surface area (Å²) >= 11 is 0. The number of halogens is 3. The number of carbonyl (C=O) groups is 1. The number of amides is 1. The summed E-state index contributed by atoms with van der Waals surface area (Å²) in [6, 6.07) is 19.7. The maximum Gasteiger partial charge on any atom is 0.414 e. The minimum Gasteiger partial charge on any atom is -0.425 e. The first-order valence-corrected chi connectivity index (χ1v) is 12.2. The van der Waals surface area contributed by atoms with E-state index in [1.807, 2.05) is 43.3 Å². The fourth-order valence-corrected chi connectivity index (χ4v) is 4.74. The topological polar surface area (TPSA) is 54.7 Å². The van der Waals surface area contributed by atoms with Gasteiger partial charge in [-0.15, -0.1) is 0 Å². The molecule has 0 aliphatic carbocycles. The van der Waals surface area contributed by atoms with Gasteiger partial charge in [0.25, 0.3) is 11.9 Å². The normalized spacial score (nSPS) is 16.5. The molecule has 0 radical (unpaired) electrons. The summed E-state index contributed by atoms with van der Waals surface area (Å²) < 4.78 is 51.8. The Kier molecular flexibility index (Phi) is 6.69. The second-order valence-corrected chi connectivity index (χ2v) is 9.34. The highest BCUT2D eigenvalue weighted by Crippen LogP contribution is 2.39. The zero-order chi connectivity index (χ0) is 26.2. The van der Waals surface area contributed by atoms with Crippen LogP contribution in [0, 0.1) is 5.82 Å². The van der Waals surface area contributed by atoms with Crippen LogP contribution >= 0.6 is 0 Å². The molecule has 0 spiro atoms. The number of piperidine rings is 1. The molecule has 37 heavy (non-hydrogen) atoms. The molecular weight excluding hydrogens is 481 g/mol. The third kappa shape index (κ3) is 5.34. The van der Waals surface area contributed by atoms with E-state index in [1.165, 1.54) is 19.2 Å². The molecule has 5 nitrogen and oxygen atoms in total. The second-order valence-electron chi connectivity index (χ2n) is 9.34. The lowest BCUT2D eigenvalue weighted by Gasteiger charge is -2.36. The second kappa shape index (κ2) is 9.94. The van der Waals surface area contributed by atoms with E-state index in [0.29, 0.717) is 18.7 Å². The Labute approximate surface area is 212 Å². The van der Waals surface area contributed by atoms with E-state index in [-0.39, 0.29) is 30.6 Å². The first-order valence-electron chi connectivity index (χ1n) is 12.2. The van der Waals surface area contributed by atoms with Gasteiger partial charge in [0.1, 0.15) is 11.4 Å². The molecule has 1 saturated heterocycles. The Morgan fingerprint density at radius 3 is 2.27 bits per heavy atom. The molecule has 1 aromatic heterocycles. The standard InChI is InChI=1S/C29H27F3N2O3/c1-18(34-13-11-29(31,32)12-14-34)19-3-5-20(6-4-19)22-15-23-17-26(37-28(35)33-2)36-27(23)25(16-22)21-7-9-24(30)10-8-21/h3-10,15-18H,11-14H2,1-2H3,(H,33,35). The van der Waals surface area contributed by atoms with Crippen LogP contribution in [0.25, 0.3) is 33.2 Å². The average molecular weight is 509 g/mol. The van der Waals surface area contributed by atoms with Gasteiger partial charge in [-0.05, 0) is 53.4 Å². The highest BCUT2D eigenvalue weighted by molar-refractivity contribution is 5.97. The monoisotopic (exact) mass is 508 g/mol. The van der Waals surface area contributed by atoms with Crippen LogP contribution in [0.4, 0.5) is 18.0 Å². The van der Waals surface area contributed by atoms with Crippen molar-refractivity contribution >= 4 is 17.1 Å². The van der Waals surface area contributed by atoms with Gasteiger partial charge < -0.3 is 14.5 Å². The minimum atomic E-state index is -2.57. The van der Waals surface area contributed by atoms with E-state index in [1.54, 1.807) is 18.2 Å². The van der Waals surface area contributed by atoms with E-state index < -0.39 is 12.0 Å². The highest BCUT2D eigenvalue weighted by Gasteiger charge is 2.35. The number of ether oxygens (including phenoxy) is 1. The van der Waals surface area contributed by atoms with Gasteiger partial charge in [-0.1, -0.05) is 36.4 Å². The lowest BCUT2D eigenvalue weighted by molar-refractivity contribution is -0.0620. The van der Waals surface area contributed by atoms with Crippen LogP contribution in [-0.2, 0) is 0 Å². The molecule has 8 heteroatoms. The molecule has 1 aliphatic rings. The van der Waals surface area contributed by atoms with Crippen molar-refractivity contribution in [3.05, 3.63) is 78.1 Å². The third-order valence-electron chi connectivity index (χ3n) is 6.95. The van der Waals surface area contributed by atoms with Crippen LogP contribution in [0.1, 0.15) is 31.4 Å². The highest BCUT2D eigenvalue weighted by atomic mass is 19.3. The molecule has 5 rings (SSSR count). The Bertz CT molecular complexity index is 1410. The van der Waals surface area contributed by atoms with E-state index in [9.17, 15) is 18.0 Å². The van der Waals surface area contributed by atoms with Gasteiger partial charge in [-0.2, -0.15) is 0 Å². The van der Waals surface area contributed by atoms with Gasteiger partial charge in [-0.25, -0.2) is 18.0 Å². The summed E-state index contributed by atoms with van der Waals surface area (Å²) in [7, 11) is 1.46. The minimum absolute atomic E-state index is 0.0284. The fourth-order valence-electron chi connectivity index (χ4n) is 4.74. The van der Waals surface area contributed by atoms with E-state index in [4.69, 9.17) is 9.15 Å². The van der Waals surface area contributed by atoms with Crippen molar-refractivity contribution in [2.24, 2.45) is 0 Å². The number of nitrogens with one attached hydrogen (secondary N) is 1. The SMILES string of the molecule is CNC(=O)Oc1cc2cc(-c3ccc(C(C)N4CCC(F)(F)CC4)cc3)cc(-c3ccc(F)cc3)c2o1. The van der Waals surface area contributed by atoms with Gasteiger partial charge in [0, 0.05) is 56.0 Å². The van der Waals surface area contributed by atoms with Crippen LogP contribution < -0.4 is 10.1 Å². The van der Waals surface area contributed by atoms with E-state index >= 15 is 0 Å². The summed E-state index contributed by atoms with van der Waals surface area (Å²) in [4.78, 5) is 13.8. The predicted octanol–water partition coefficient (Wildman–Crippen LogP) is 7.42. The van der Waals surface area contributed by atoms with Crippen LogP contribution in [0.5, 0.6) is 5.95 Å². The predicted molar refractivity (Wildman–Crippen MR) is 136 cm³/mol. The van der Waals surface area contributed by atoms with Gasteiger partial charge in [0.05, 0.1) is 0 Å². The number of furan rings is 1. The average Bonchev–Trinajstić information content (AvgIpc) is 3.30. The summed E-state index contributed by atoms with van der Waals surface area (Å²) in [6.07, 6.45) is -0.875. The Hall–Kier alpha value is -3.78. The summed E-state index contributed by atoms with van der Waals surface area (Å²) in [5, 5.41) is 3.11. The molecule has 192 valence electrons. The number of fused-ring (bicyclic) bond motifs is 1. The largest absolute Gasteiger partial charge is 0.425 e. The number of nitrogens with zero attached hydrogens (tertiary/aromatic N) is 1. The van der Waals surface area contributed by atoms with Crippen molar-refractivity contribution < 1.29 is 27.1 Å². The molecule has 1 N–H and O–H groups in total. The first kappa shape index (κ1) is 24.9. The number of hydrogen-bond acceptors (Lipinski definition) is 4. The first-order chi connectivity index (χ1) is 17.7. The third-order valence-corrected chi connectivity index (χ3v) is 6.95. The Balaban J connectivity index is 1.48. The number of rotatable bonds is 5. The van der Waals surface area contributed by atoms with Crippen LogP contribution in [0.15, 0.2) is 71.1 Å². The summed E-state index contributed by atoms with van der Waals surface area (Å²) in [5.74, 6) is -2.87. The maximum absolute atomic E-state index is 13.6. The molecule has 1 fully saturated rings. The summed E-state index contributed by atoms with van der Waals surface area (Å²) in [6.45, 7) is 2.78. The van der Waals surface area contributed by atoms with Crippen molar-refractivity contribution in [1.82, 2.24) is 10.2 Å². The number of hydrogen-bond donors (Lipinski definition) is 1. The van der Waals surface area contributed by atoms with Gasteiger partial charge >= 0.3 is 6.09 Å². The number of likely N-dealkylation sites (tertiary alicyclic amines) is 1. The molecule has 1 aliphatic heterocycles. The smallest absolute Gasteiger partial charge is 0.414 e. The Morgan fingerprint density at radius 2 is 1.62 bits per heavy atom. The van der Waals surface area contributed by atoms with Crippen molar-refractivity contribution in [2.45, 2.75) is 31.7 Å². The number of alkyl halides is 2. The maximum atomic E-state index is 13.6. The van der Waals surface area contributed by atoms with Crippen molar-refractivity contribution in [1.29, 1.82) is 0 Å². The molecule has 1 amide bonds. The molecular formula is C29H27F3N2O3. The quantitative estimate of drug-likeness (QED) is 0.305. The summed E-state index contributed by atoms with van der Waals surface area (Å²) in [5.41, 5.74) is 4.89. The lowest BCUT2D eigenvalue weighted by Crippen LogP contribution is -2.40. The van der Waals surface area contributed by atoms with Crippen LogP contribution in [0.2, 0.25) is 0 Å². The van der Waals surface area contributed by atoms with Gasteiger partial charge in [-0.3, -0.25) is 4.90 Å². The number of carbonyl (C=O) groups excluding carboxylic acids is 1. The van der Waals surface area contributed by atoms with Gasteiger partial charge in [0.15, 0.2) is 0 Å². The molecule has 2 heterocycles. The van der Waals surface area contributed by atoms with Crippen molar-refractivity contribution in [2.75, 3.05) is 20.1 Å². The zero-order valence-corrected chi connectivity index (χ0v) is 20.6. The molecule has 4 aromatic rings. The van der Waals surface area contributed by atoms with Gasteiger partial charge in [0.2, 0.25) is 0 Å². The molecule has 3 aromatic carbocycles. The molecule has 1 atom stereocenters. The fraction of sp³-hybridized carbons (Fsp3) is 0.276. The van der Waals surface area contributed by atoms with E-state index in [0.717, 1.165) is 33.2 Å². The van der Waals surface area contributed by atoms with Crippen LogP contribution in [-0.4, -0.2) is 37.1 Å². The molecule has 0 saturated carbocycles. The number of benzene rings is 3. The van der Waals surface area contributed by atoms with Crippen molar-refractivity contribution in [3.63, 3.8) is 0 Å². The van der Waals surface area contributed by atoms with Crippen LogP contribution in [0.3, 0.4) is 0 Å².